The zero-order valence-corrected chi connectivity index (χ0v) is 8.20. The maximum Gasteiger partial charge on any atom is 0.246 e. The molecule has 0 aliphatic heterocycles. The van der Waals surface area contributed by atoms with Crippen LogP contribution in [0.5, 0.6) is 0 Å². The molecule has 1 atom stereocenters. The lowest BCUT2D eigenvalue weighted by Gasteiger charge is -2.04. The molecule has 0 aliphatic carbocycles. The molecular weight excluding hydrogens is 166 g/mol. The second-order valence-electron chi connectivity index (χ2n) is 3.08. The van der Waals surface area contributed by atoms with Crippen molar-refractivity contribution < 1.29 is 9.90 Å². The minimum absolute atomic E-state index is 0.481. The van der Waals surface area contributed by atoms with Crippen molar-refractivity contribution in [2.45, 2.75) is 45.1 Å². The molecule has 0 bridgehead atoms. The number of carbonyl (C=O) groups is 1. The molecule has 3 nitrogen and oxygen atoms in total. The van der Waals surface area contributed by atoms with E-state index < -0.39 is 12.0 Å². The summed E-state index contributed by atoms with van der Waals surface area (Å²) in [5, 5.41) is 9.04. The predicted molar refractivity (Wildman–Crippen MR) is 53.1 cm³/mol. The van der Waals surface area contributed by atoms with Crippen LogP contribution in [0.2, 0.25) is 0 Å². The van der Waals surface area contributed by atoms with Gasteiger partial charge in [0.05, 0.1) is 0 Å². The topological polar surface area (TPSA) is 63.3 Å². The summed E-state index contributed by atoms with van der Waals surface area (Å²) in [5.41, 5.74) is 4.90. The van der Waals surface area contributed by atoms with E-state index in [9.17, 15) is 4.79 Å². The molecule has 0 aliphatic rings. The van der Waals surface area contributed by atoms with Crippen molar-refractivity contribution in [2.75, 3.05) is 0 Å². The molecule has 13 heavy (non-hydrogen) atoms. The van der Waals surface area contributed by atoms with Crippen LogP contribution in [0.15, 0.2) is 12.2 Å². The van der Waals surface area contributed by atoms with Crippen molar-refractivity contribution in [1.82, 2.24) is 0 Å². The van der Waals surface area contributed by atoms with Gasteiger partial charge >= 0.3 is 0 Å². The van der Waals surface area contributed by atoms with Crippen molar-refractivity contribution in [3.05, 3.63) is 12.2 Å². The van der Waals surface area contributed by atoms with E-state index in [1.54, 1.807) is 0 Å². The van der Waals surface area contributed by atoms with Gasteiger partial charge in [0.25, 0.3) is 0 Å². The Kier molecular flexibility index (Phi) is 7.30. The van der Waals surface area contributed by atoms with E-state index in [-0.39, 0.29) is 0 Å². The Morgan fingerprint density at radius 1 is 1.46 bits per heavy atom. The Hall–Kier alpha value is -0.830. The van der Waals surface area contributed by atoms with Crippen molar-refractivity contribution in [3.63, 3.8) is 0 Å². The quantitative estimate of drug-likeness (QED) is 0.464. The number of amides is 1. The summed E-state index contributed by atoms with van der Waals surface area (Å²) in [4.78, 5) is 10.4. The fourth-order valence-electron chi connectivity index (χ4n) is 1.03. The monoisotopic (exact) mass is 185 g/mol. The van der Waals surface area contributed by atoms with Crippen molar-refractivity contribution in [1.29, 1.82) is 0 Å². The standard InChI is InChI=1S/C10H19NO2/c1-2-3-4-5-6-7-8-9(12)10(11)13/h3-4,9,12H,2,5-8H2,1H3,(H2,11,13). The van der Waals surface area contributed by atoms with E-state index in [4.69, 9.17) is 10.8 Å². The molecule has 0 spiro atoms. The van der Waals surface area contributed by atoms with Gasteiger partial charge in [-0.15, -0.1) is 0 Å². The van der Waals surface area contributed by atoms with Crippen LogP contribution in [-0.2, 0) is 4.79 Å². The van der Waals surface area contributed by atoms with E-state index in [1.165, 1.54) is 0 Å². The number of allylic oxidation sites excluding steroid dienone is 2. The maximum atomic E-state index is 10.4. The number of unbranched alkanes of at least 4 members (excludes halogenated alkanes) is 2. The summed E-state index contributed by atoms with van der Waals surface area (Å²) in [6.45, 7) is 2.09. The molecule has 0 rings (SSSR count). The van der Waals surface area contributed by atoms with Gasteiger partial charge < -0.3 is 10.8 Å². The lowest BCUT2D eigenvalue weighted by atomic mass is 10.1. The summed E-state index contributed by atoms with van der Waals surface area (Å²) in [6, 6.07) is 0. The maximum absolute atomic E-state index is 10.4. The molecule has 3 N–H and O–H groups in total. The number of aliphatic hydroxyl groups excluding tert-OH is 1. The molecule has 1 amide bonds. The van der Waals surface area contributed by atoms with Gasteiger partial charge in [-0.2, -0.15) is 0 Å². The molecule has 0 radical (unpaired) electrons. The van der Waals surface area contributed by atoms with Gasteiger partial charge in [-0.25, -0.2) is 0 Å². The largest absolute Gasteiger partial charge is 0.383 e. The number of carbonyl (C=O) groups excluding carboxylic acids is 1. The van der Waals surface area contributed by atoms with Crippen LogP contribution in [0.1, 0.15) is 39.0 Å². The van der Waals surface area contributed by atoms with Crippen molar-refractivity contribution >= 4 is 5.91 Å². The Labute approximate surface area is 79.6 Å². The highest BCUT2D eigenvalue weighted by Crippen LogP contribution is 2.04. The molecule has 0 heterocycles. The predicted octanol–water partition coefficient (Wildman–Crippen LogP) is 1.36. The third-order valence-electron chi connectivity index (χ3n) is 1.83. The summed E-state index contributed by atoms with van der Waals surface area (Å²) in [7, 11) is 0. The van der Waals surface area contributed by atoms with Gasteiger partial charge in [-0.05, 0) is 25.7 Å². The Bertz CT molecular complexity index is 166. The molecule has 0 fully saturated rings. The first-order valence-electron chi connectivity index (χ1n) is 4.80. The molecule has 0 saturated heterocycles. The number of nitrogens with two attached hydrogens (primary N) is 1. The van der Waals surface area contributed by atoms with Gasteiger partial charge in [0.15, 0.2) is 0 Å². The highest BCUT2D eigenvalue weighted by atomic mass is 16.3. The average molecular weight is 185 g/mol. The average Bonchev–Trinajstić information content (AvgIpc) is 2.10. The van der Waals surface area contributed by atoms with Crippen LogP contribution in [0.25, 0.3) is 0 Å². The smallest absolute Gasteiger partial charge is 0.246 e. The van der Waals surface area contributed by atoms with Gasteiger partial charge in [-0.1, -0.05) is 25.5 Å². The third-order valence-corrected chi connectivity index (χ3v) is 1.83. The van der Waals surface area contributed by atoms with E-state index in [0.29, 0.717) is 6.42 Å². The number of hydrogen-bond donors (Lipinski definition) is 2. The lowest BCUT2D eigenvalue weighted by molar-refractivity contribution is -0.126. The zero-order valence-electron chi connectivity index (χ0n) is 8.20. The van der Waals surface area contributed by atoms with E-state index in [1.807, 2.05) is 0 Å². The zero-order chi connectivity index (χ0) is 10.1. The molecule has 76 valence electrons. The van der Waals surface area contributed by atoms with Gasteiger partial charge in [-0.3, -0.25) is 4.79 Å². The molecule has 1 unspecified atom stereocenters. The van der Waals surface area contributed by atoms with E-state index >= 15 is 0 Å². The Balaban J connectivity index is 3.25. The summed E-state index contributed by atoms with van der Waals surface area (Å²) in [5.74, 6) is -0.621. The van der Waals surface area contributed by atoms with Gasteiger partial charge in [0.1, 0.15) is 6.10 Å². The summed E-state index contributed by atoms with van der Waals surface area (Å²) in [6.07, 6.45) is 7.67. The highest BCUT2D eigenvalue weighted by Gasteiger charge is 2.08. The van der Waals surface area contributed by atoms with Crippen LogP contribution in [0, 0.1) is 0 Å². The van der Waals surface area contributed by atoms with Crippen LogP contribution in [0.4, 0.5) is 0 Å². The first-order valence-corrected chi connectivity index (χ1v) is 4.80. The Morgan fingerprint density at radius 2 is 2.15 bits per heavy atom. The number of aliphatic hydroxyl groups is 1. The molecule has 0 aromatic carbocycles. The van der Waals surface area contributed by atoms with Crippen molar-refractivity contribution in [2.24, 2.45) is 5.73 Å². The molecule has 3 heteroatoms. The normalized spacial score (nSPS) is 13.4. The summed E-state index contributed by atoms with van der Waals surface area (Å²) < 4.78 is 0. The minimum Gasteiger partial charge on any atom is -0.383 e. The van der Waals surface area contributed by atoms with E-state index in [2.05, 4.69) is 19.1 Å². The summed E-state index contributed by atoms with van der Waals surface area (Å²) >= 11 is 0. The van der Waals surface area contributed by atoms with Crippen LogP contribution in [0.3, 0.4) is 0 Å². The van der Waals surface area contributed by atoms with Crippen LogP contribution >= 0.6 is 0 Å². The van der Waals surface area contributed by atoms with E-state index in [0.717, 1.165) is 25.7 Å². The lowest BCUT2D eigenvalue weighted by Crippen LogP contribution is -2.27. The fourth-order valence-corrected chi connectivity index (χ4v) is 1.03. The highest BCUT2D eigenvalue weighted by molar-refractivity contribution is 5.78. The van der Waals surface area contributed by atoms with Gasteiger partial charge in [0, 0.05) is 0 Å². The number of primary amides is 1. The molecular formula is C10H19NO2. The van der Waals surface area contributed by atoms with Crippen molar-refractivity contribution in [3.8, 4) is 0 Å². The van der Waals surface area contributed by atoms with Crippen LogP contribution in [-0.4, -0.2) is 17.1 Å². The fraction of sp³-hybridized carbons (Fsp3) is 0.700. The number of rotatable bonds is 7. The first kappa shape index (κ1) is 12.2. The SMILES string of the molecule is CCC=CCCCCC(O)C(N)=O. The first-order chi connectivity index (χ1) is 6.18. The Morgan fingerprint density at radius 3 is 2.69 bits per heavy atom. The third kappa shape index (κ3) is 7.53. The molecule has 0 aromatic rings. The number of hydrogen-bond acceptors (Lipinski definition) is 2. The van der Waals surface area contributed by atoms with Crippen LogP contribution < -0.4 is 5.73 Å². The van der Waals surface area contributed by atoms with Gasteiger partial charge in [0.2, 0.25) is 5.91 Å². The molecule has 0 aromatic heterocycles. The second-order valence-corrected chi connectivity index (χ2v) is 3.08. The second kappa shape index (κ2) is 7.80. The minimum atomic E-state index is -0.963. The molecule has 0 saturated carbocycles.